The fourth-order valence-corrected chi connectivity index (χ4v) is 4.04. The highest BCUT2D eigenvalue weighted by atomic mass is 19.4. The number of likely N-dealkylation sites (tertiary alicyclic amines) is 1. The molecular weight excluding hydrogens is 327 g/mol. The van der Waals surface area contributed by atoms with E-state index in [1.807, 2.05) is 0 Å². The molecule has 0 aromatic rings. The summed E-state index contributed by atoms with van der Waals surface area (Å²) in [5, 5.41) is 4.74. The highest BCUT2D eigenvalue weighted by molar-refractivity contribution is 6.07. The second-order valence-electron chi connectivity index (χ2n) is 6.85. The van der Waals surface area contributed by atoms with Crippen molar-refractivity contribution < 1.29 is 27.6 Å². The number of amides is 4. The van der Waals surface area contributed by atoms with Crippen LogP contribution in [0.3, 0.4) is 0 Å². The topological polar surface area (TPSA) is 78.5 Å². The zero-order chi connectivity index (χ0) is 17.5. The lowest BCUT2D eigenvalue weighted by atomic mass is 9.77. The maximum Gasteiger partial charge on any atom is 0.392 e. The van der Waals surface area contributed by atoms with E-state index in [0.717, 1.165) is 0 Å². The molecule has 0 unspecified atom stereocenters. The normalized spacial score (nSPS) is 30.2. The lowest BCUT2D eigenvalue weighted by molar-refractivity contribution is -0.201. The maximum atomic E-state index is 13.2. The highest BCUT2D eigenvalue weighted by Gasteiger charge is 2.52. The van der Waals surface area contributed by atoms with Crippen LogP contribution < -0.4 is 10.6 Å². The number of rotatable bonds is 1. The fraction of sp³-hybridized carbons (Fsp3) is 0.800. The Hall–Kier alpha value is -1.80. The average molecular weight is 347 g/mol. The molecule has 3 rings (SSSR count). The summed E-state index contributed by atoms with van der Waals surface area (Å²) in [6, 6.07) is -0.566. The molecule has 1 aliphatic carbocycles. The number of halogens is 3. The van der Waals surface area contributed by atoms with E-state index in [2.05, 4.69) is 10.6 Å². The molecule has 3 aliphatic rings. The van der Waals surface area contributed by atoms with E-state index in [4.69, 9.17) is 0 Å². The first-order chi connectivity index (χ1) is 11.2. The first-order valence-corrected chi connectivity index (χ1v) is 8.22. The molecule has 2 heterocycles. The van der Waals surface area contributed by atoms with Gasteiger partial charge < -0.3 is 10.2 Å². The van der Waals surface area contributed by atoms with Gasteiger partial charge in [-0.15, -0.1) is 0 Å². The Labute approximate surface area is 137 Å². The Bertz CT molecular complexity index is 556. The van der Waals surface area contributed by atoms with Gasteiger partial charge in [-0.1, -0.05) is 12.8 Å². The van der Waals surface area contributed by atoms with Crippen molar-refractivity contribution >= 4 is 17.8 Å². The van der Waals surface area contributed by atoms with Gasteiger partial charge in [-0.05, 0) is 25.7 Å². The third-order valence-corrected chi connectivity index (χ3v) is 5.45. The van der Waals surface area contributed by atoms with Crippen molar-refractivity contribution in [1.29, 1.82) is 0 Å². The molecule has 0 bridgehead atoms. The Morgan fingerprint density at radius 1 is 1.12 bits per heavy atom. The van der Waals surface area contributed by atoms with Crippen molar-refractivity contribution in [2.45, 2.75) is 50.2 Å². The van der Waals surface area contributed by atoms with Crippen molar-refractivity contribution in [2.24, 2.45) is 11.8 Å². The molecule has 0 aromatic heterocycles. The highest BCUT2D eigenvalue weighted by Crippen LogP contribution is 2.42. The standard InChI is InChI=1S/C15H20F3N3O3/c16-15(17,18)10-4-2-1-3-9(10)11(22)21-7-5-14(6-8-21)12(23)19-13(24)20-14/h9-10H,1-8H2,(H2,19,20,23,24)/t9-,10-/m0/s1. The first-order valence-electron chi connectivity index (χ1n) is 8.22. The Morgan fingerprint density at radius 2 is 1.75 bits per heavy atom. The van der Waals surface area contributed by atoms with Crippen molar-refractivity contribution in [3.05, 3.63) is 0 Å². The summed E-state index contributed by atoms with van der Waals surface area (Å²) in [5.41, 5.74) is -1.02. The second-order valence-corrected chi connectivity index (χ2v) is 6.85. The number of piperidine rings is 1. The molecular formula is C15H20F3N3O3. The molecule has 1 saturated carbocycles. The molecule has 0 aromatic carbocycles. The van der Waals surface area contributed by atoms with Crippen LogP contribution >= 0.6 is 0 Å². The van der Waals surface area contributed by atoms with Crippen LogP contribution in [-0.4, -0.2) is 47.6 Å². The van der Waals surface area contributed by atoms with Crippen molar-refractivity contribution in [1.82, 2.24) is 15.5 Å². The zero-order valence-electron chi connectivity index (χ0n) is 13.1. The Morgan fingerprint density at radius 3 is 2.29 bits per heavy atom. The Balaban J connectivity index is 1.66. The summed E-state index contributed by atoms with van der Waals surface area (Å²) >= 11 is 0. The number of carbonyl (C=O) groups is 3. The molecule has 2 aliphatic heterocycles. The summed E-state index contributed by atoms with van der Waals surface area (Å²) in [5.74, 6) is -3.51. The third-order valence-electron chi connectivity index (χ3n) is 5.45. The van der Waals surface area contributed by atoms with Crippen LogP contribution in [0.15, 0.2) is 0 Å². The van der Waals surface area contributed by atoms with Gasteiger partial charge in [0, 0.05) is 19.0 Å². The van der Waals surface area contributed by atoms with Gasteiger partial charge in [0.05, 0.1) is 5.92 Å². The van der Waals surface area contributed by atoms with Gasteiger partial charge in [-0.25, -0.2) is 4.79 Å². The molecule has 1 spiro atoms. The van der Waals surface area contributed by atoms with Crippen LogP contribution in [0.4, 0.5) is 18.0 Å². The smallest absolute Gasteiger partial charge is 0.342 e. The first kappa shape index (κ1) is 17.0. The fourth-order valence-electron chi connectivity index (χ4n) is 4.04. The number of carbonyl (C=O) groups excluding carboxylic acids is 3. The number of urea groups is 1. The minimum absolute atomic E-state index is 0.00382. The van der Waals surface area contributed by atoms with Gasteiger partial charge in [0.1, 0.15) is 5.54 Å². The quantitative estimate of drug-likeness (QED) is 0.707. The minimum atomic E-state index is -4.36. The monoisotopic (exact) mass is 347 g/mol. The van der Waals surface area contributed by atoms with E-state index in [1.165, 1.54) is 4.90 Å². The molecule has 6 nitrogen and oxygen atoms in total. The average Bonchev–Trinajstić information content (AvgIpc) is 2.80. The van der Waals surface area contributed by atoms with Crippen LogP contribution in [0.25, 0.3) is 0 Å². The van der Waals surface area contributed by atoms with Crippen LogP contribution in [0, 0.1) is 11.8 Å². The second kappa shape index (κ2) is 5.93. The van der Waals surface area contributed by atoms with Gasteiger partial charge >= 0.3 is 12.2 Å². The summed E-state index contributed by atoms with van der Waals surface area (Å²) in [7, 11) is 0. The van der Waals surface area contributed by atoms with Gasteiger partial charge in [0.15, 0.2) is 0 Å². The summed E-state index contributed by atoms with van der Waals surface area (Å²) < 4.78 is 39.5. The number of nitrogens with zero attached hydrogens (tertiary/aromatic N) is 1. The zero-order valence-corrected chi connectivity index (χ0v) is 13.1. The van der Waals surface area contributed by atoms with E-state index < -0.39 is 41.4 Å². The van der Waals surface area contributed by atoms with E-state index >= 15 is 0 Å². The SMILES string of the molecule is O=C1NC(=O)C2(CCN(C(=O)[C@H]3CCCC[C@@H]3C(F)(F)F)CC2)N1. The van der Waals surface area contributed by atoms with Gasteiger partial charge in [-0.2, -0.15) is 13.2 Å². The number of hydrogen-bond acceptors (Lipinski definition) is 3. The van der Waals surface area contributed by atoms with Crippen molar-refractivity contribution in [3.8, 4) is 0 Å². The Kier molecular flexibility index (Phi) is 4.21. The van der Waals surface area contributed by atoms with E-state index in [1.54, 1.807) is 0 Å². The maximum absolute atomic E-state index is 13.2. The minimum Gasteiger partial charge on any atom is -0.342 e. The lowest BCUT2D eigenvalue weighted by Gasteiger charge is -2.40. The van der Waals surface area contributed by atoms with Gasteiger partial charge in [-0.3, -0.25) is 14.9 Å². The molecule has 2 saturated heterocycles. The molecule has 134 valence electrons. The summed E-state index contributed by atoms with van der Waals surface area (Å²) in [6.07, 6.45) is -2.56. The number of imide groups is 1. The van der Waals surface area contributed by atoms with Gasteiger partial charge in [0.2, 0.25) is 5.91 Å². The molecule has 2 atom stereocenters. The molecule has 0 radical (unpaired) electrons. The predicted molar refractivity (Wildman–Crippen MR) is 76.7 cm³/mol. The molecule has 24 heavy (non-hydrogen) atoms. The van der Waals surface area contributed by atoms with Gasteiger partial charge in [0.25, 0.3) is 5.91 Å². The summed E-state index contributed by atoms with van der Waals surface area (Å²) in [4.78, 5) is 37.2. The van der Waals surface area contributed by atoms with E-state index in [0.29, 0.717) is 12.8 Å². The summed E-state index contributed by atoms with van der Waals surface area (Å²) in [6.45, 7) is 0.348. The van der Waals surface area contributed by atoms with E-state index in [-0.39, 0.29) is 38.8 Å². The van der Waals surface area contributed by atoms with Crippen LogP contribution in [0.1, 0.15) is 38.5 Å². The van der Waals surface area contributed by atoms with Crippen LogP contribution in [-0.2, 0) is 9.59 Å². The number of alkyl halides is 3. The predicted octanol–water partition coefficient (Wildman–Crippen LogP) is 1.56. The number of hydrogen-bond donors (Lipinski definition) is 2. The molecule has 4 amide bonds. The lowest BCUT2D eigenvalue weighted by Crippen LogP contribution is -2.57. The third kappa shape index (κ3) is 2.95. The van der Waals surface area contributed by atoms with E-state index in [9.17, 15) is 27.6 Å². The molecule has 9 heteroatoms. The van der Waals surface area contributed by atoms with Crippen LogP contribution in [0.5, 0.6) is 0 Å². The molecule has 3 fully saturated rings. The number of nitrogens with one attached hydrogen (secondary N) is 2. The van der Waals surface area contributed by atoms with Crippen molar-refractivity contribution in [3.63, 3.8) is 0 Å². The van der Waals surface area contributed by atoms with Crippen molar-refractivity contribution in [2.75, 3.05) is 13.1 Å². The van der Waals surface area contributed by atoms with Crippen LogP contribution in [0.2, 0.25) is 0 Å². The molecule has 2 N–H and O–H groups in total. The largest absolute Gasteiger partial charge is 0.392 e.